The van der Waals surface area contributed by atoms with Crippen LogP contribution in [0.1, 0.15) is 46.5 Å². The molecular weight excluding hydrogens is 313 g/mol. The van der Waals surface area contributed by atoms with Crippen LogP contribution < -0.4 is 0 Å². The predicted molar refractivity (Wildman–Crippen MR) is 75.3 cm³/mol. The quantitative estimate of drug-likeness (QED) is 0.574. The summed E-state index contributed by atoms with van der Waals surface area (Å²) in [4.78, 5) is 11.2. The first-order valence-electron chi connectivity index (χ1n) is 8.07. The van der Waals surface area contributed by atoms with Crippen LogP contribution in [0.2, 0.25) is 0 Å². The Labute approximate surface area is 133 Å². The van der Waals surface area contributed by atoms with Crippen molar-refractivity contribution < 1.29 is 32.8 Å². The highest BCUT2D eigenvalue weighted by Crippen LogP contribution is 2.55. The Morgan fingerprint density at radius 1 is 1.17 bits per heavy atom. The summed E-state index contributed by atoms with van der Waals surface area (Å²) in [7, 11) is 0. The molecule has 1 unspecified atom stereocenters. The number of fused-ring (bicyclic) bond motifs is 3. The summed E-state index contributed by atoms with van der Waals surface area (Å²) in [6.45, 7) is 5.39. The van der Waals surface area contributed by atoms with Gasteiger partial charge in [-0.25, -0.2) is 9.78 Å². The number of rotatable bonds is 1. The minimum Gasteiger partial charge on any atom is -0.504 e. The number of hydrogen-bond acceptors (Lipinski definition) is 4. The molecule has 0 aromatic rings. The van der Waals surface area contributed by atoms with E-state index in [0.717, 1.165) is 12.8 Å². The van der Waals surface area contributed by atoms with Crippen molar-refractivity contribution in [3.05, 3.63) is 11.3 Å². The lowest BCUT2D eigenvalue weighted by atomic mass is 9.61. The van der Waals surface area contributed by atoms with Gasteiger partial charge in [0.05, 0.1) is 6.61 Å². The molecule has 1 saturated carbocycles. The van der Waals surface area contributed by atoms with E-state index in [4.69, 9.17) is 14.5 Å². The highest BCUT2D eigenvalue weighted by Gasteiger charge is 2.60. The molecule has 1 spiro atoms. The lowest BCUT2D eigenvalue weighted by Crippen LogP contribution is -2.59. The molecule has 5 atom stereocenters. The zero-order valence-corrected chi connectivity index (χ0v) is 13.6. The SMILES string of the molecule is C/C(=C(/O)C(F)(F)F)[C@@H]1CC[C@@H](C)C2CC[C@@]3(C)OC[C@@]21OO3. The van der Waals surface area contributed by atoms with Gasteiger partial charge in [0.25, 0.3) is 0 Å². The number of halogens is 3. The van der Waals surface area contributed by atoms with E-state index in [2.05, 4.69) is 6.92 Å². The zero-order chi connectivity index (χ0) is 17.0. The van der Waals surface area contributed by atoms with Gasteiger partial charge < -0.3 is 9.84 Å². The third-order valence-electron chi connectivity index (χ3n) is 5.87. The third-order valence-corrected chi connectivity index (χ3v) is 5.87. The largest absolute Gasteiger partial charge is 0.504 e. The van der Waals surface area contributed by atoms with E-state index in [-0.39, 0.29) is 18.1 Å². The Balaban J connectivity index is 2.02. The lowest BCUT2D eigenvalue weighted by molar-refractivity contribution is -0.514. The van der Waals surface area contributed by atoms with Crippen LogP contribution in [0.15, 0.2) is 11.3 Å². The van der Waals surface area contributed by atoms with Gasteiger partial charge in [-0.3, -0.25) is 0 Å². The monoisotopic (exact) mass is 336 g/mol. The number of aliphatic hydroxyl groups excluding tert-OH is 1. The minimum absolute atomic E-state index is 0.0431. The van der Waals surface area contributed by atoms with Crippen molar-refractivity contribution in [2.45, 2.75) is 64.0 Å². The van der Waals surface area contributed by atoms with Gasteiger partial charge in [-0.1, -0.05) is 6.92 Å². The number of allylic oxidation sites excluding steroid dienone is 1. The second-order valence-electron chi connectivity index (χ2n) is 7.33. The van der Waals surface area contributed by atoms with Crippen LogP contribution in [-0.2, 0) is 14.5 Å². The summed E-state index contributed by atoms with van der Waals surface area (Å²) in [5.41, 5.74) is -1.05. The molecular formula is C16H23F3O4. The Bertz CT molecular complexity index is 506. The molecule has 132 valence electrons. The molecule has 3 heterocycles. The molecule has 4 rings (SSSR count). The molecule has 3 aliphatic heterocycles. The third kappa shape index (κ3) is 2.66. The van der Waals surface area contributed by atoms with E-state index in [9.17, 15) is 18.3 Å². The lowest BCUT2D eigenvalue weighted by Gasteiger charge is -2.52. The fourth-order valence-corrected chi connectivity index (χ4v) is 4.45. The van der Waals surface area contributed by atoms with E-state index >= 15 is 0 Å². The van der Waals surface area contributed by atoms with E-state index in [1.54, 1.807) is 6.92 Å². The van der Waals surface area contributed by atoms with Crippen molar-refractivity contribution in [2.24, 2.45) is 17.8 Å². The first-order chi connectivity index (χ1) is 10.6. The van der Waals surface area contributed by atoms with Gasteiger partial charge in [-0.05, 0) is 50.5 Å². The molecule has 4 aliphatic rings. The summed E-state index contributed by atoms with van der Waals surface area (Å²) < 4.78 is 44.6. The first-order valence-corrected chi connectivity index (χ1v) is 8.07. The summed E-state index contributed by atoms with van der Waals surface area (Å²) in [5, 5.41) is 9.62. The smallest absolute Gasteiger partial charge is 0.448 e. The first kappa shape index (κ1) is 17.0. The van der Waals surface area contributed by atoms with Gasteiger partial charge in [0.2, 0.25) is 0 Å². The highest BCUT2D eigenvalue weighted by atomic mass is 19.4. The van der Waals surface area contributed by atoms with Crippen LogP contribution in [0.3, 0.4) is 0 Å². The van der Waals surface area contributed by atoms with E-state index in [1.807, 2.05) is 0 Å². The number of ether oxygens (including phenoxy) is 1. The standard InChI is InChI=1S/C16H23F3O4/c1-9-4-5-12(10(2)13(20)16(17,18)19)15-8-21-14(3,22-23-15)7-6-11(9)15/h9,11-12,20H,4-8H2,1-3H3/b13-10-/t9-,11?,12+,14+,15-/m1/s1. The Morgan fingerprint density at radius 3 is 2.43 bits per heavy atom. The summed E-state index contributed by atoms with van der Waals surface area (Å²) in [5.74, 6) is -2.59. The fourth-order valence-electron chi connectivity index (χ4n) is 4.45. The van der Waals surface area contributed by atoms with Crippen molar-refractivity contribution in [2.75, 3.05) is 6.61 Å². The molecule has 3 saturated heterocycles. The van der Waals surface area contributed by atoms with Crippen LogP contribution in [0.25, 0.3) is 0 Å². The normalized spacial score (nSPS) is 45.2. The Hall–Kier alpha value is -0.790. The number of alkyl halides is 3. The maximum atomic E-state index is 12.9. The van der Waals surface area contributed by atoms with Crippen LogP contribution in [0, 0.1) is 17.8 Å². The Kier molecular flexibility index (Phi) is 3.97. The molecule has 4 fully saturated rings. The molecule has 0 amide bonds. The average Bonchev–Trinajstić information content (AvgIpc) is 2.72. The topological polar surface area (TPSA) is 47.9 Å². The van der Waals surface area contributed by atoms with Crippen molar-refractivity contribution >= 4 is 0 Å². The van der Waals surface area contributed by atoms with Crippen molar-refractivity contribution in [1.29, 1.82) is 0 Å². The molecule has 7 heteroatoms. The maximum Gasteiger partial charge on any atom is 0.448 e. The summed E-state index contributed by atoms with van der Waals surface area (Å²) in [6.07, 6.45) is -2.04. The van der Waals surface area contributed by atoms with Crippen LogP contribution in [-0.4, -0.2) is 29.3 Å². The van der Waals surface area contributed by atoms with E-state index < -0.39 is 29.2 Å². The van der Waals surface area contributed by atoms with Gasteiger partial charge >= 0.3 is 6.18 Å². The molecule has 2 bridgehead atoms. The van der Waals surface area contributed by atoms with Crippen LogP contribution >= 0.6 is 0 Å². The molecule has 23 heavy (non-hydrogen) atoms. The molecule has 0 aromatic carbocycles. The summed E-state index contributed by atoms with van der Waals surface area (Å²) >= 11 is 0. The van der Waals surface area contributed by atoms with Gasteiger partial charge in [0.1, 0.15) is 5.60 Å². The van der Waals surface area contributed by atoms with Gasteiger partial charge in [0.15, 0.2) is 11.5 Å². The predicted octanol–water partition coefficient (Wildman–Crippen LogP) is 4.27. The molecule has 0 aromatic heterocycles. The second kappa shape index (κ2) is 5.36. The van der Waals surface area contributed by atoms with Gasteiger partial charge in [-0.15, -0.1) is 0 Å². The molecule has 4 nitrogen and oxygen atoms in total. The second-order valence-corrected chi connectivity index (χ2v) is 7.33. The van der Waals surface area contributed by atoms with Gasteiger partial charge in [0, 0.05) is 12.3 Å². The van der Waals surface area contributed by atoms with Crippen LogP contribution in [0.4, 0.5) is 13.2 Å². The minimum atomic E-state index is -4.76. The Morgan fingerprint density at radius 2 is 1.87 bits per heavy atom. The fraction of sp³-hybridized carbons (Fsp3) is 0.875. The van der Waals surface area contributed by atoms with Crippen molar-refractivity contribution in [3.63, 3.8) is 0 Å². The van der Waals surface area contributed by atoms with Gasteiger partial charge in [-0.2, -0.15) is 13.2 Å². The van der Waals surface area contributed by atoms with E-state index in [1.165, 1.54) is 6.92 Å². The van der Waals surface area contributed by atoms with Crippen molar-refractivity contribution in [3.8, 4) is 0 Å². The van der Waals surface area contributed by atoms with Crippen LogP contribution in [0.5, 0.6) is 0 Å². The molecule has 1 N–H and O–H groups in total. The number of aliphatic hydroxyl groups is 1. The van der Waals surface area contributed by atoms with E-state index in [0.29, 0.717) is 18.8 Å². The molecule has 1 aliphatic carbocycles. The number of hydrogen-bond donors (Lipinski definition) is 1. The zero-order valence-electron chi connectivity index (χ0n) is 13.6. The van der Waals surface area contributed by atoms with Crippen molar-refractivity contribution in [1.82, 2.24) is 0 Å². The highest BCUT2D eigenvalue weighted by molar-refractivity contribution is 5.21. The summed E-state index contributed by atoms with van der Waals surface area (Å²) in [6, 6.07) is 0. The molecule has 0 radical (unpaired) electrons. The maximum absolute atomic E-state index is 12.9. The average molecular weight is 336 g/mol.